The van der Waals surface area contributed by atoms with Gasteiger partial charge in [0.05, 0.1) is 26.3 Å². The van der Waals surface area contributed by atoms with Gasteiger partial charge in [-0.2, -0.15) is 0 Å². The highest BCUT2D eigenvalue weighted by atomic mass is 35.5. The topological polar surface area (TPSA) is 193 Å². The van der Waals surface area contributed by atoms with Gasteiger partial charge in [0, 0.05) is 46.5 Å². The van der Waals surface area contributed by atoms with Crippen LogP contribution in [0.5, 0.6) is 11.5 Å². The van der Waals surface area contributed by atoms with E-state index in [9.17, 15) is 19.2 Å². The average Bonchev–Trinajstić information content (AvgIpc) is 3.92. The zero-order valence-corrected chi connectivity index (χ0v) is 38.6. The Labute approximate surface area is 382 Å². The Hall–Kier alpha value is -5.48. The Balaban J connectivity index is 1.06. The molecule has 2 fully saturated rings. The molecule has 16 nitrogen and oxygen atoms in total. The standard InChI is InChI=1S/C46H56Cl2N8O8/c1-7-23(3)35(51-45(59)61-5)43(57)55-15-11-9-13-29(55)41-49-37(39(47)53-41)25-17-27-21-64-32-20-26(18-28-22-63-31(19-25)33(27)34(28)32)38-40(48)54-42(50-38)30-14-10-12-16-56(30)44(58)36(24(4)8-2)52-46(60)62-6/h17-20,23-24,29-30,35-36H,7-16,21-22H2,1-6H3,(H,49,53)(H,50,54)(H,51,59)(H,52,60)/t23-,24-,29-,30-,35-,36-/m0/s1. The van der Waals surface area contributed by atoms with Crippen LogP contribution in [0.25, 0.3) is 33.6 Å². The summed E-state index contributed by atoms with van der Waals surface area (Å²) in [6.45, 7) is 9.41. The number of halogens is 2. The van der Waals surface area contributed by atoms with E-state index in [1.807, 2.05) is 52.0 Å². The number of amides is 4. The van der Waals surface area contributed by atoms with Gasteiger partial charge in [0.15, 0.2) is 0 Å². The van der Waals surface area contributed by atoms with Crippen LogP contribution < -0.4 is 20.1 Å². The van der Waals surface area contributed by atoms with Crippen molar-refractivity contribution >= 4 is 47.2 Å². The lowest BCUT2D eigenvalue weighted by Gasteiger charge is -2.38. The van der Waals surface area contributed by atoms with Crippen LogP contribution in [0.15, 0.2) is 24.3 Å². The first-order valence-corrected chi connectivity index (χ1v) is 23.0. The van der Waals surface area contributed by atoms with Gasteiger partial charge >= 0.3 is 12.2 Å². The third kappa shape index (κ3) is 8.58. The maximum absolute atomic E-state index is 14.1. The summed E-state index contributed by atoms with van der Waals surface area (Å²) in [4.78, 5) is 72.8. The van der Waals surface area contributed by atoms with Gasteiger partial charge in [0.2, 0.25) is 11.8 Å². The molecule has 4 aromatic rings. The number of benzene rings is 2. The van der Waals surface area contributed by atoms with E-state index < -0.39 is 24.3 Å². The monoisotopic (exact) mass is 918 g/mol. The molecule has 4 amide bonds. The van der Waals surface area contributed by atoms with Crippen molar-refractivity contribution in [1.82, 2.24) is 40.4 Å². The molecule has 4 aliphatic heterocycles. The Morgan fingerprint density at radius 2 is 1.11 bits per heavy atom. The van der Waals surface area contributed by atoms with Crippen LogP contribution in [0, 0.1) is 11.8 Å². The van der Waals surface area contributed by atoms with E-state index in [1.165, 1.54) is 14.2 Å². The average molecular weight is 920 g/mol. The second-order valence-corrected chi connectivity index (χ2v) is 18.0. The van der Waals surface area contributed by atoms with Crippen LogP contribution in [0.1, 0.15) is 114 Å². The van der Waals surface area contributed by atoms with Gasteiger partial charge in [-0.05, 0) is 74.6 Å². The highest BCUT2D eigenvalue weighted by Crippen LogP contribution is 2.51. The molecule has 342 valence electrons. The Bertz CT molecular complexity index is 2220. The number of piperidine rings is 2. The van der Waals surface area contributed by atoms with E-state index in [4.69, 9.17) is 52.1 Å². The van der Waals surface area contributed by atoms with Gasteiger partial charge < -0.3 is 49.3 Å². The molecule has 0 bridgehead atoms. The van der Waals surface area contributed by atoms with Crippen LogP contribution in [-0.2, 0) is 32.3 Å². The lowest BCUT2D eigenvalue weighted by Crippen LogP contribution is -2.53. The summed E-state index contributed by atoms with van der Waals surface area (Å²) in [5, 5.41) is 6.20. The first kappa shape index (κ1) is 45.1. The summed E-state index contributed by atoms with van der Waals surface area (Å²) in [5.41, 5.74) is 6.25. The van der Waals surface area contributed by atoms with E-state index in [2.05, 4.69) is 20.6 Å². The second-order valence-electron chi connectivity index (χ2n) is 17.2. The molecule has 0 spiro atoms. The number of hydrogen-bond acceptors (Lipinski definition) is 10. The molecule has 8 rings (SSSR count). The zero-order valence-electron chi connectivity index (χ0n) is 37.1. The molecule has 64 heavy (non-hydrogen) atoms. The number of H-pyrrole nitrogens is 2. The number of rotatable bonds is 12. The maximum Gasteiger partial charge on any atom is 0.407 e. The molecule has 0 unspecified atom stereocenters. The van der Waals surface area contributed by atoms with Crippen molar-refractivity contribution in [2.75, 3.05) is 27.3 Å². The third-order valence-corrected chi connectivity index (χ3v) is 13.9. The number of aromatic amines is 2. The van der Waals surface area contributed by atoms with Crippen molar-refractivity contribution in [3.8, 4) is 45.1 Å². The number of methoxy groups -OCH3 is 2. The number of carbonyl (C=O) groups excluding carboxylic acids is 4. The maximum atomic E-state index is 14.1. The van der Waals surface area contributed by atoms with E-state index >= 15 is 0 Å². The predicted molar refractivity (Wildman–Crippen MR) is 240 cm³/mol. The van der Waals surface area contributed by atoms with E-state index in [0.29, 0.717) is 83.6 Å². The van der Waals surface area contributed by atoms with E-state index in [-0.39, 0.29) is 48.9 Å². The molecule has 0 radical (unpaired) electrons. The van der Waals surface area contributed by atoms with E-state index in [1.54, 1.807) is 9.80 Å². The molecular weight excluding hydrogens is 863 g/mol. The molecule has 6 heterocycles. The summed E-state index contributed by atoms with van der Waals surface area (Å²) >= 11 is 13.8. The smallest absolute Gasteiger partial charge is 0.407 e. The zero-order chi connectivity index (χ0) is 45.4. The van der Waals surface area contributed by atoms with Crippen molar-refractivity contribution in [2.24, 2.45) is 11.8 Å². The summed E-state index contributed by atoms with van der Waals surface area (Å²) < 4.78 is 22.6. The SMILES string of the molecule is CC[C@H](C)[C@H](NC(=O)OC)C(=O)N1CCCC[C@H]1c1nc(-c2cc3c4c(c2)OCc2cc(-c5nc([C@@H]6CCCCN6C(=O)[C@@H](NC(=O)OC)[C@@H](C)CC)[nH]c5Cl)cc(c2-4)OC3)c(Cl)[nH]1. The number of ether oxygens (including phenoxy) is 4. The molecular formula is C46H56Cl2N8O8. The minimum absolute atomic E-state index is 0.114. The minimum Gasteiger partial charge on any atom is -0.488 e. The third-order valence-electron chi connectivity index (χ3n) is 13.4. The number of nitrogens with zero attached hydrogens (tertiary/aromatic N) is 4. The number of carbonyl (C=O) groups is 4. The summed E-state index contributed by atoms with van der Waals surface area (Å²) in [5.74, 6) is 1.92. The molecule has 4 aliphatic rings. The van der Waals surface area contributed by atoms with Gasteiger partial charge in [-0.3, -0.25) is 9.59 Å². The van der Waals surface area contributed by atoms with Crippen molar-refractivity contribution in [1.29, 1.82) is 0 Å². The van der Waals surface area contributed by atoms with Gasteiger partial charge in [-0.1, -0.05) is 63.7 Å². The molecule has 0 aliphatic carbocycles. The van der Waals surface area contributed by atoms with E-state index in [0.717, 1.165) is 59.1 Å². The lowest BCUT2D eigenvalue weighted by molar-refractivity contribution is -0.139. The van der Waals surface area contributed by atoms with Gasteiger partial charge in [0.1, 0.15) is 70.1 Å². The lowest BCUT2D eigenvalue weighted by atomic mass is 9.87. The van der Waals surface area contributed by atoms with Gasteiger partial charge in [-0.15, -0.1) is 0 Å². The van der Waals surface area contributed by atoms with Gasteiger partial charge in [-0.25, -0.2) is 19.6 Å². The minimum atomic E-state index is -0.747. The number of hydrogen-bond donors (Lipinski definition) is 4. The largest absolute Gasteiger partial charge is 0.488 e. The fourth-order valence-electron chi connectivity index (χ4n) is 9.44. The first-order chi connectivity index (χ1) is 30.8. The number of imidazole rings is 2. The van der Waals surface area contributed by atoms with Crippen molar-refractivity contribution in [2.45, 2.75) is 116 Å². The Kier molecular flexibility index (Phi) is 13.3. The second kappa shape index (κ2) is 18.9. The highest BCUT2D eigenvalue weighted by molar-refractivity contribution is 6.32. The van der Waals surface area contributed by atoms with Crippen molar-refractivity contribution < 1.29 is 38.1 Å². The number of likely N-dealkylation sites (tertiary alicyclic amines) is 2. The normalized spacial score (nSPS) is 19.6. The fourth-order valence-corrected chi connectivity index (χ4v) is 9.94. The number of alkyl carbamates (subject to hydrolysis) is 2. The molecule has 2 aromatic carbocycles. The molecule has 2 saturated heterocycles. The molecule has 0 saturated carbocycles. The summed E-state index contributed by atoms with van der Waals surface area (Å²) in [6.07, 6.45) is 4.94. The Morgan fingerprint density at radius 3 is 1.48 bits per heavy atom. The van der Waals surface area contributed by atoms with Crippen LogP contribution >= 0.6 is 23.2 Å². The molecule has 18 heteroatoms. The summed E-state index contributed by atoms with van der Waals surface area (Å²) in [6, 6.07) is 5.70. The van der Waals surface area contributed by atoms with Crippen molar-refractivity contribution in [3.63, 3.8) is 0 Å². The van der Waals surface area contributed by atoms with Crippen LogP contribution in [0.4, 0.5) is 9.59 Å². The molecule has 6 atom stereocenters. The summed E-state index contributed by atoms with van der Waals surface area (Å²) in [7, 11) is 2.57. The Morgan fingerprint density at radius 1 is 0.703 bits per heavy atom. The van der Waals surface area contributed by atoms with Crippen molar-refractivity contribution in [3.05, 3.63) is 57.3 Å². The quantitative estimate of drug-likeness (QED) is 0.107. The predicted octanol–water partition coefficient (Wildman–Crippen LogP) is 8.87. The number of nitrogens with one attached hydrogen (secondary N) is 4. The van der Waals surface area contributed by atoms with Crippen LogP contribution in [0.2, 0.25) is 10.3 Å². The highest BCUT2D eigenvalue weighted by Gasteiger charge is 2.40. The number of aromatic nitrogens is 4. The first-order valence-electron chi connectivity index (χ1n) is 22.3. The fraction of sp³-hybridized carbons (Fsp3) is 0.522. The molecule has 2 aromatic heterocycles. The molecule has 4 N–H and O–H groups in total. The van der Waals surface area contributed by atoms with Gasteiger partial charge in [0.25, 0.3) is 0 Å². The van der Waals surface area contributed by atoms with Crippen LogP contribution in [-0.4, -0.2) is 93.1 Å². The van der Waals surface area contributed by atoms with Crippen LogP contribution in [0.3, 0.4) is 0 Å².